The molecular weight excluding hydrogens is 200 g/mol. The molecule has 0 radical (unpaired) electrons. The van der Waals surface area contributed by atoms with E-state index in [2.05, 4.69) is 4.90 Å². The highest BCUT2D eigenvalue weighted by molar-refractivity contribution is 5.85. The topological polar surface area (TPSA) is 38.5 Å². The van der Waals surface area contributed by atoms with Gasteiger partial charge in [-0.1, -0.05) is 0 Å². The van der Waals surface area contributed by atoms with Gasteiger partial charge in [0.1, 0.15) is 0 Å². The summed E-state index contributed by atoms with van der Waals surface area (Å²) in [7, 11) is 0. The Hall–Kier alpha value is 0.170. The minimum atomic E-state index is 0. The first kappa shape index (κ1) is 12.2. The average Bonchev–Trinajstić information content (AvgIpc) is 2.62. The number of rotatable bonds is 2. The molecule has 2 N–H and O–H groups in total. The number of likely N-dealkylation sites (tertiary alicyclic amines) is 1. The fourth-order valence-corrected chi connectivity index (χ4v) is 2.22. The van der Waals surface area contributed by atoms with Crippen molar-refractivity contribution in [2.24, 2.45) is 5.73 Å². The fourth-order valence-electron chi connectivity index (χ4n) is 2.22. The van der Waals surface area contributed by atoms with Crippen LogP contribution >= 0.6 is 12.4 Å². The molecule has 0 saturated carbocycles. The van der Waals surface area contributed by atoms with Crippen molar-refractivity contribution in [2.75, 3.05) is 26.2 Å². The van der Waals surface area contributed by atoms with E-state index in [0.29, 0.717) is 6.10 Å². The molecule has 2 atom stereocenters. The van der Waals surface area contributed by atoms with Crippen LogP contribution in [0.3, 0.4) is 0 Å². The van der Waals surface area contributed by atoms with E-state index in [4.69, 9.17) is 10.5 Å². The van der Waals surface area contributed by atoms with Crippen LogP contribution in [0, 0.1) is 0 Å². The number of halogens is 1. The number of hydrogen-bond donors (Lipinski definition) is 1. The molecule has 14 heavy (non-hydrogen) atoms. The third-order valence-electron chi connectivity index (χ3n) is 3.07. The molecule has 2 heterocycles. The molecule has 4 heteroatoms. The Morgan fingerprint density at radius 1 is 1.21 bits per heavy atom. The molecular formula is C10H21ClN2O. The Balaban J connectivity index is 0.000000980. The van der Waals surface area contributed by atoms with Gasteiger partial charge in [-0.05, 0) is 38.8 Å². The monoisotopic (exact) mass is 220 g/mol. The molecule has 0 bridgehead atoms. The predicted molar refractivity (Wildman–Crippen MR) is 59.9 cm³/mol. The van der Waals surface area contributed by atoms with Gasteiger partial charge in [-0.3, -0.25) is 0 Å². The molecule has 84 valence electrons. The van der Waals surface area contributed by atoms with Gasteiger partial charge in [0.05, 0.1) is 12.7 Å². The van der Waals surface area contributed by atoms with Crippen molar-refractivity contribution in [3.05, 3.63) is 0 Å². The molecule has 2 aliphatic rings. The molecule has 0 amide bonds. The van der Waals surface area contributed by atoms with E-state index < -0.39 is 0 Å². The molecule has 2 saturated heterocycles. The Labute approximate surface area is 92.4 Å². The van der Waals surface area contributed by atoms with Crippen molar-refractivity contribution < 1.29 is 4.74 Å². The Bertz CT molecular complexity index is 154. The quantitative estimate of drug-likeness (QED) is 0.755. The third-order valence-corrected chi connectivity index (χ3v) is 3.07. The van der Waals surface area contributed by atoms with Crippen LogP contribution in [0.2, 0.25) is 0 Å². The molecule has 0 aliphatic carbocycles. The van der Waals surface area contributed by atoms with Crippen molar-refractivity contribution in [3.8, 4) is 0 Å². The smallest absolute Gasteiger partial charge is 0.0703 e. The van der Waals surface area contributed by atoms with Crippen molar-refractivity contribution >= 4 is 12.4 Å². The average molecular weight is 221 g/mol. The normalized spacial score (nSPS) is 34.1. The van der Waals surface area contributed by atoms with Gasteiger partial charge in [0.25, 0.3) is 0 Å². The lowest BCUT2D eigenvalue weighted by molar-refractivity contribution is -0.0110. The number of nitrogens with zero attached hydrogens (tertiary/aromatic N) is 1. The molecule has 2 unspecified atom stereocenters. The molecule has 0 aromatic carbocycles. The van der Waals surface area contributed by atoms with Gasteiger partial charge < -0.3 is 15.4 Å². The van der Waals surface area contributed by atoms with E-state index in [-0.39, 0.29) is 18.4 Å². The Morgan fingerprint density at radius 2 is 1.93 bits per heavy atom. The van der Waals surface area contributed by atoms with Crippen molar-refractivity contribution in [1.29, 1.82) is 0 Å². The second kappa shape index (κ2) is 5.91. The number of ether oxygens (including phenoxy) is 1. The summed E-state index contributed by atoms with van der Waals surface area (Å²) in [5.41, 5.74) is 5.77. The van der Waals surface area contributed by atoms with Crippen LogP contribution in [0.5, 0.6) is 0 Å². The number of nitrogens with two attached hydrogens (primary N) is 1. The maximum absolute atomic E-state index is 5.77. The summed E-state index contributed by atoms with van der Waals surface area (Å²) >= 11 is 0. The number of hydrogen-bond acceptors (Lipinski definition) is 3. The first-order valence-electron chi connectivity index (χ1n) is 5.44. The third kappa shape index (κ3) is 3.39. The van der Waals surface area contributed by atoms with Crippen LogP contribution < -0.4 is 5.73 Å². The van der Waals surface area contributed by atoms with E-state index in [1.807, 2.05) is 0 Å². The molecule has 2 rings (SSSR count). The first-order chi connectivity index (χ1) is 6.34. The molecule has 3 nitrogen and oxygen atoms in total. The molecule has 0 spiro atoms. The maximum Gasteiger partial charge on any atom is 0.0703 e. The van der Waals surface area contributed by atoms with Gasteiger partial charge >= 0.3 is 0 Å². The molecule has 2 aliphatic heterocycles. The standard InChI is InChI=1S/C10H20N2O.ClH/c11-9-3-4-10(13-8-9)7-12-5-1-2-6-12;/h9-10H,1-8,11H2;1H. The summed E-state index contributed by atoms with van der Waals surface area (Å²) in [4.78, 5) is 2.52. The summed E-state index contributed by atoms with van der Waals surface area (Å²) in [5, 5.41) is 0. The first-order valence-corrected chi connectivity index (χ1v) is 5.44. The van der Waals surface area contributed by atoms with E-state index in [1.54, 1.807) is 0 Å². The fraction of sp³-hybridized carbons (Fsp3) is 1.00. The molecule has 0 aromatic rings. The second-order valence-corrected chi connectivity index (χ2v) is 4.30. The van der Waals surface area contributed by atoms with Crippen LogP contribution in [0.1, 0.15) is 25.7 Å². The second-order valence-electron chi connectivity index (χ2n) is 4.30. The zero-order valence-electron chi connectivity index (χ0n) is 8.65. The minimum Gasteiger partial charge on any atom is -0.375 e. The van der Waals surface area contributed by atoms with E-state index in [1.165, 1.54) is 25.9 Å². The largest absolute Gasteiger partial charge is 0.375 e. The van der Waals surface area contributed by atoms with E-state index in [9.17, 15) is 0 Å². The van der Waals surface area contributed by atoms with Crippen LogP contribution in [0.15, 0.2) is 0 Å². The van der Waals surface area contributed by atoms with Crippen molar-refractivity contribution in [3.63, 3.8) is 0 Å². The van der Waals surface area contributed by atoms with Gasteiger partial charge in [0.15, 0.2) is 0 Å². The van der Waals surface area contributed by atoms with Crippen molar-refractivity contribution in [2.45, 2.75) is 37.8 Å². The van der Waals surface area contributed by atoms with E-state index in [0.717, 1.165) is 26.0 Å². The molecule has 2 fully saturated rings. The molecule has 0 aromatic heterocycles. The van der Waals surface area contributed by atoms with Gasteiger partial charge in [-0.15, -0.1) is 12.4 Å². The summed E-state index contributed by atoms with van der Waals surface area (Å²) in [6.07, 6.45) is 5.48. The van der Waals surface area contributed by atoms with Crippen LogP contribution in [-0.2, 0) is 4.74 Å². The predicted octanol–water partition coefficient (Wildman–Crippen LogP) is 1.01. The lowest BCUT2D eigenvalue weighted by Crippen LogP contribution is -2.40. The van der Waals surface area contributed by atoms with Crippen LogP contribution in [-0.4, -0.2) is 43.3 Å². The lowest BCUT2D eigenvalue weighted by Gasteiger charge is -2.29. The Kier molecular flexibility index (Phi) is 5.17. The summed E-state index contributed by atoms with van der Waals surface area (Å²) in [6.45, 7) is 4.43. The van der Waals surface area contributed by atoms with Gasteiger partial charge in [0.2, 0.25) is 0 Å². The highest BCUT2D eigenvalue weighted by atomic mass is 35.5. The maximum atomic E-state index is 5.77. The summed E-state index contributed by atoms with van der Waals surface area (Å²) in [6, 6.07) is 0.287. The lowest BCUT2D eigenvalue weighted by atomic mass is 10.1. The zero-order chi connectivity index (χ0) is 9.10. The van der Waals surface area contributed by atoms with E-state index >= 15 is 0 Å². The summed E-state index contributed by atoms with van der Waals surface area (Å²) in [5.74, 6) is 0. The minimum absolute atomic E-state index is 0. The SMILES string of the molecule is Cl.NC1CCC(CN2CCCC2)OC1. The van der Waals surface area contributed by atoms with Gasteiger partial charge in [-0.2, -0.15) is 0 Å². The van der Waals surface area contributed by atoms with Crippen LogP contribution in [0.25, 0.3) is 0 Å². The van der Waals surface area contributed by atoms with Gasteiger partial charge in [0, 0.05) is 12.6 Å². The zero-order valence-corrected chi connectivity index (χ0v) is 9.47. The Morgan fingerprint density at radius 3 is 2.50 bits per heavy atom. The highest BCUT2D eigenvalue weighted by Crippen LogP contribution is 2.16. The van der Waals surface area contributed by atoms with Crippen molar-refractivity contribution in [1.82, 2.24) is 4.90 Å². The summed E-state index contributed by atoms with van der Waals surface area (Å²) < 4.78 is 5.69. The highest BCUT2D eigenvalue weighted by Gasteiger charge is 2.22. The van der Waals surface area contributed by atoms with Crippen LogP contribution in [0.4, 0.5) is 0 Å². The van der Waals surface area contributed by atoms with Gasteiger partial charge in [-0.25, -0.2) is 0 Å².